The topological polar surface area (TPSA) is 76.0 Å². The molecule has 27 heavy (non-hydrogen) atoms. The highest BCUT2D eigenvalue weighted by Gasteiger charge is 2.15. The third kappa shape index (κ3) is 3.59. The number of nitrogens with zero attached hydrogens (tertiary/aromatic N) is 3. The van der Waals surface area contributed by atoms with Crippen molar-refractivity contribution in [1.82, 2.24) is 19.9 Å². The SMILES string of the molecule is CNc1cc(C)nc(Nc2ccc(OC)c(-c3cc4n(c3)CCNC4)c2)n1. The van der Waals surface area contributed by atoms with E-state index in [0.29, 0.717) is 5.95 Å². The molecule has 0 saturated heterocycles. The van der Waals surface area contributed by atoms with Crippen molar-refractivity contribution in [2.24, 2.45) is 0 Å². The summed E-state index contributed by atoms with van der Waals surface area (Å²) in [6.07, 6.45) is 2.19. The minimum atomic E-state index is 0.566. The van der Waals surface area contributed by atoms with Gasteiger partial charge in [0.05, 0.1) is 7.11 Å². The summed E-state index contributed by atoms with van der Waals surface area (Å²) in [6.45, 7) is 4.83. The third-order valence-corrected chi connectivity index (χ3v) is 4.70. The van der Waals surface area contributed by atoms with Crippen molar-refractivity contribution in [2.75, 3.05) is 31.3 Å². The molecule has 0 aliphatic carbocycles. The molecule has 7 heteroatoms. The largest absolute Gasteiger partial charge is 0.496 e. The van der Waals surface area contributed by atoms with E-state index in [2.05, 4.69) is 48.8 Å². The van der Waals surface area contributed by atoms with Gasteiger partial charge < -0.3 is 25.3 Å². The number of fused-ring (bicyclic) bond motifs is 1. The summed E-state index contributed by atoms with van der Waals surface area (Å²) in [5, 5.41) is 9.77. The Morgan fingerprint density at radius 3 is 2.85 bits per heavy atom. The number of rotatable bonds is 5. The van der Waals surface area contributed by atoms with E-state index in [4.69, 9.17) is 4.74 Å². The van der Waals surface area contributed by atoms with Crippen LogP contribution in [-0.2, 0) is 13.1 Å². The summed E-state index contributed by atoms with van der Waals surface area (Å²) in [6, 6.07) is 10.2. The van der Waals surface area contributed by atoms with Crippen molar-refractivity contribution in [1.29, 1.82) is 0 Å². The van der Waals surface area contributed by atoms with E-state index in [9.17, 15) is 0 Å². The van der Waals surface area contributed by atoms with E-state index in [-0.39, 0.29) is 0 Å². The Morgan fingerprint density at radius 1 is 1.19 bits per heavy atom. The number of hydrogen-bond donors (Lipinski definition) is 3. The lowest BCUT2D eigenvalue weighted by atomic mass is 10.1. The quantitative estimate of drug-likeness (QED) is 0.646. The van der Waals surface area contributed by atoms with Crippen LogP contribution in [0.1, 0.15) is 11.4 Å². The molecule has 0 radical (unpaired) electrons. The zero-order chi connectivity index (χ0) is 18.8. The fourth-order valence-electron chi connectivity index (χ4n) is 3.37. The Labute approximate surface area is 158 Å². The lowest BCUT2D eigenvalue weighted by Gasteiger charge is -2.15. The smallest absolute Gasteiger partial charge is 0.229 e. The molecule has 3 aromatic rings. The van der Waals surface area contributed by atoms with Crippen LogP contribution in [0.15, 0.2) is 36.5 Å². The van der Waals surface area contributed by atoms with Crippen LogP contribution in [0.5, 0.6) is 5.75 Å². The summed E-state index contributed by atoms with van der Waals surface area (Å²) in [4.78, 5) is 8.94. The number of methoxy groups -OCH3 is 1. The number of hydrogen-bond acceptors (Lipinski definition) is 6. The number of aryl methyl sites for hydroxylation is 1. The van der Waals surface area contributed by atoms with E-state index in [1.807, 2.05) is 32.2 Å². The predicted molar refractivity (Wildman–Crippen MR) is 108 cm³/mol. The highest BCUT2D eigenvalue weighted by molar-refractivity contribution is 5.76. The Hall–Kier alpha value is -3.06. The molecule has 2 aromatic heterocycles. The highest BCUT2D eigenvalue weighted by atomic mass is 16.5. The molecule has 0 unspecified atom stereocenters. The van der Waals surface area contributed by atoms with Crippen molar-refractivity contribution < 1.29 is 4.74 Å². The average molecular weight is 364 g/mol. The van der Waals surface area contributed by atoms with Crippen LogP contribution in [-0.4, -0.2) is 35.2 Å². The summed E-state index contributed by atoms with van der Waals surface area (Å²) >= 11 is 0. The number of anilines is 3. The maximum Gasteiger partial charge on any atom is 0.229 e. The molecule has 3 heterocycles. The van der Waals surface area contributed by atoms with Gasteiger partial charge in [-0.15, -0.1) is 0 Å². The van der Waals surface area contributed by atoms with E-state index < -0.39 is 0 Å². The normalized spacial score (nSPS) is 13.1. The van der Waals surface area contributed by atoms with Gasteiger partial charge in [-0.2, -0.15) is 4.98 Å². The molecule has 0 bridgehead atoms. The first kappa shape index (κ1) is 17.4. The van der Waals surface area contributed by atoms with Crippen molar-refractivity contribution in [3.8, 4) is 16.9 Å². The fourth-order valence-corrected chi connectivity index (χ4v) is 3.37. The summed E-state index contributed by atoms with van der Waals surface area (Å²) in [7, 11) is 3.55. The third-order valence-electron chi connectivity index (χ3n) is 4.70. The second-order valence-electron chi connectivity index (χ2n) is 6.60. The van der Waals surface area contributed by atoms with Gasteiger partial charge in [-0.25, -0.2) is 4.98 Å². The highest BCUT2D eigenvalue weighted by Crippen LogP contribution is 2.34. The first-order valence-electron chi connectivity index (χ1n) is 9.05. The van der Waals surface area contributed by atoms with Gasteiger partial charge >= 0.3 is 0 Å². The van der Waals surface area contributed by atoms with E-state index in [1.165, 1.54) is 5.69 Å². The Balaban J connectivity index is 1.69. The van der Waals surface area contributed by atoms with E-state index in [0.717, 1.165) is 53.7 Å². The molecule has 140 valence electrons. The Bertz CT molecular complexity index is 942. The van der Waals surface area contributed by atoms with Gasteiger partial charge in [-0.1, -0.05) is 0 Å². The fraction of sp³-hybridized carbons (Fsp3) is 0.300. The monoisotopic (exact) mass is 364 g/mol. The second kappa shape index (κ2) is 7.28. The molecule has 0 spiro atoms. The zero-order valence-electron chi connectivity index (χ0n) is 15.8. The van der Waals surface area contributed by atoms with Crippen LogP contribution in [0.25, 0.3) is 11.1 Å². The maximum absolute atomic E-state index is 5.60. The molecule has 7 nitrogen and oxygen atoms in total. The molecule has 1 aromatic carbocycles. The molecule has 0 atom stereocenters. The lowest BCUT2D eigenvalue weighted by molar-refractivity contribution is 0.416. The average Bonchev–Trinajstić information content (AvgIpc) is 3.11. The summed E-state index contributed by atoms with van der Waals surface area (Å²) in [5.41, 5.74) is 5.30. The first-order chi connectivity index (χ1) is 13.2. The van der Waals surface area contributed by atoms with Gasteiger partial charge in [0.1, 0.15) is 11.6 Å². The summed E-state index contributed by atoms with van der Waals surface area (Å²) < 4.78 is 7.90. The van der Waals surface area contributed by atoms with Gasteiger partial charge in [-0.3, -0.25) is 0 Å². The molecule has 3 N–H and O–H groups in total. The van der Waals surface area contributed by atoms with Crippen molar-refractivity contribution in [3.63, 3.8) is 0 Å². The zero-order valence-corrected chi connectivity index (χ0v) is 15.8. The lowest BCUT2D eigenvalue weighted by Crippen LogP contribution is -2.27. The molecular weight excluding hydrogens is 340 g/mol. The first-order valence-corrected chi connectivity index (χ1v) is 9.05. The van der Waals surface area contributed by atoms with Gasteiger partial charge in [0.25, 0.3) is 0 Å². The molecule has 0 saturated carbocycles. The van der Waals surface area contributed by atoms with Crippen molar-refractivity contribution in [3.05, 3.63) is 47.9 Å². The molecular formula is C20H24N6O. The molecule has 1 aliphatic rings. The van der Waals surface area contributed by atoms with Crippen LogP contribution >= 0.6 is 0 Å². The van der Waals surface area contributed by atoms with Crippen molar-refractivity contribution in [2.45, 2.75) is 20.0 Å². The number of nitrogens with one attached hydrogen (secondary N) is 3. The van der Waals surface area contributed by atoms with Crippen LogP contribution in [0, 0.1) is 6.92 Å². The molecule has 1 aliphatic heterocycles. The van der Waals surface area contributed by atoms with Gasteiger partial charge in [0.2, 0.25) is 5.95 Å². The Kier molecular flexibility index (Phi) is 4.68. The van der Waals surface area contributed by atoms with E-state index in [1.54, 1.807) is 7.11 Å². The Morgan fingerprint density at radius 2 is 2.07 bits per heavy atom. The molecule has 0 fully saturated rings. The predicted octanol–water partition coefficient (Wildman–Crippen LogP) is 3.15. The number of ether oxygens (including phenoxy) is 1. The molecule has 0 amide bonds. The summed E-state index contributed by atoms with van der Waals surface area (Å²) in [5.74, 6) is 2.19. The molecule has 4 rings (SSSR count). The van der Waals surface area contributed by atoms with Crippen LogP contribution in [0.3, 0.4) is 0 Å². The van der Waals surface area contributed by atoms with Crippen LogP contribution < -0.4 is 20.7 Å². The number of benzene rings is 1. The standard InChI is InChI=1S/C20H24N6O/c1-13-8-19(21-2)25-20(23-13)24-15-4-5-18(27-3)17(10-15)14-9-16-11-22-6-7-26(16)12-14/h4-5,8-10,12,22H,6-7,11H2,1-3H3,(H2,21,23,24,25). The van der Waals surface area contributed by atoms with Gasteiger partial charge in [0, 0.05) is 67.1 Å². The second-order valence-corrected chi connectivity index (χ2v) is 6.60. The van der Waals surface area contributed by atoms with Gasteiger partial charge in [0.15, 0.2) is 0 Å². The maximum atomic E-state index is 5.60. The van der Waals surface area contributed by atoms with E-state index >= 15 is 0 Å². The minimum absolute atomic E-state index is 0.566. The van der Waals surface area contributed by atoms with Crippen LogP contribution in [0.2, 0.25) is 0 Å². The number of aromatic nitrogens is 3. The van der Waals surface area contributed by atoms with Gasteiger partial charge in [-0.05, 0) is 31.2 Å². The van der Waals surface area contributed by atoms with Crippen LogP contribution in [0.4, 0.5) is 17.5 Å². The van der Waals surface area contributed by atoms with Crippen molar-refractivity contribution >= 4 is 17.5 Å². The minimum Gasteiger partial charge on any atom is -0.496 e.